The molecular weight excluding hydrogens is 384 g/mol. The zero-order valence-electron chi connectivity index (χ0n) is 16.7. The average Bonchev–Trinajstić information content (AvgIpc) is 2.67. The van der Waals surface area contributed by atoms with Crippen LogP contribution >= 0.6 is 0 Å². The number of rotatable bonds is 5. The highest BCUT2D eigenvalue weighted by atomic mass is 19.4. The van der Waals surface area contributed by atoms with Crippen LogP contribution in [0, 0.1) is 5.82 Å². The Morgan fingerprint density at radius 1 is 1.28 bits per heavy atom. The molecule has 0 aromatic heterocycles. The Kier molecular flexibility index (Phi) is 7.06. The van der Waals surface area contributed by atoms with Gasteiger partial charge in [0.25, 0.3) is 5.91 Å². The van der Waals surface area contributed by atoms with E-state index in [4.69, 9.17) is 0 Å². The van der Waals surface area contributed by atoms with Crippen LogP contribution in [-0.2, 0) is 11.2 Å². The number of alkyl halides is 3. The van der Waals surface area contributed by atoms with Crippen molar-refractivity contribution >= 4 is 11.6 Å². The normalized spacial score (nSPS) is 18.7. The standard InChI is InChI=1S/C22H24F4N2O/c1-5-15-13-16(23)9-10-19(15)28-14-27(17(6-2)7-3)21(29)18(8-4)20(28)11-12-22(24,25)26/h6-11,13H,2,5,12,14H2,1,3-4H3/b17-7-,18-8+,20-11+. The quantitative estimate of drug-likeness (QED) is 0.346. The number of hydrogen-bond acceptors (Lipinski definition) is 2. The Hall–Kier alpha value is -2.83. The van der Waals surface area contributed by atoms with Gasteiger partial charge < -0.3 is 4.90 Å². The van der Waals surface area contributed by atoms with Crippen LogP contribution in [0.15, 0.2) is 66.0 Å². The van der Waals surface area contributed by atoms with Crippen LogP contribution in [-0.4, -0.2) is 23.7 Å². The minimum absolute atomic E-state index is 0.00973. The maximum absolute atomic E-state index is 13.7. The van der Waals surface area contributed by atoms with Crippen LogP contribution in [0.3, 0.4) is 0 Å². The van der Waals surface area contributed by atoms with Gasteiger partial charge in [-0.2, -0.15) is 13.2 Å². The highest BCUT2D eigenvalue weighted by molar-refractivity contribution is 6.02. The predicted molar refractivity (Wildman–Crippen MR) is 106 cm³/mol. The zero-order valence-corrected chi connectivity index (χ0v) is 16.7. The number of halogens is 4. The number of carbonyl (C=O) groups is 1. The van der Waals surface area contributed by atoms with Gasteiger partial charge in [0.1, 0.15) is 12.5 Å². The Morgan fingerprint density at radius 3 is 2.48 bits per heavy atom. The van der Waals surface area contributed by atoms with Crippen molar-refractivity contribution in [1.82, 2.24) is 4.90 Å². The van der Waals surface area contributed by atoms with Crippen LogP contribution in [0.25, 0.3) is 0 Å². The Bertz CT molecular complexity index is 881. The molecule has 0 spiro atoms. The molecule has 0 aliphatic carbocycles. The minimum atomic E-state index is -4.41. The summed E-state index contributed by atoms with van der Waals surface area (Å²) in [6.07, 6.45) is 0.609. The maximum Gasteiger partial charge on any atom is 0.392 e. The average molecular weight is 408 g/mol. The molecule has 2 rings (SSSR count). The van der Waals surface area contributed by atoms with Gasteiger partial charge in [0.2, 0.25) is 0 Å². The molecule has 0 bridgehead atoms. The highest BCUT2D eigenvalue weighted by Gasteiger charge is 2.35. The minimum Gasteiger partial charge on any atom is -0.322 e. The third kappa shape index (κ3) is 4.96. The fourth-order valence-corrected chi connectivity index (χ4v) is 3.28. The molecule has 0 atom stereocenters. The first-order valence-electron chi connectivity index (χ1n) is 9.27. The van der Waals surface area contributed by atoms with Crippen molar-refractivity contribution in [1.29, 1.82) is 0 Å². The van der Waals surface area contributed by atoms with Gasteiger partial charge in [0.05, 0.1) is 17.7 Å². The van der Waals surface area contributed by atoms with Crippen LogP contribution in [0.4, 0.5) is 23.2 Å². The van der Waals surface area contributed by atoms with Gasteiger partial charge in [0, 0.05) is 11.4 Å². The summed E-state index contributed by atoms with van der Waals surface area (Å²) in [6, 6.07) is 4.15. The van der Waals surface area contributed by atoms with Crippen LogP contribution in [0.5, 0.6) is 0 Å². The number of nitrogens with zero attached hydrogens (tertiary/aromatic N) is 2. The number of aryl methyl sites for hydroxylation is 1. The van der Waals surface area contributed by atoms with E-state index in [9.17, 15) is 22.4 Å². The van der Waals surface area contributed by atoms with E-state index in [1.54, 1.807) is 24.8 Å². The molecular formula is C22H24F4N2O. The molecule has 1 heterocycles. The summed E-state index contributed by atoms with van der Waals surface area (Å²) in [5.41, 5.74) is 2.03. The molecule has 3 nitrogen and oxygen atoms in total. The summed E-state index contributed by atoms with van der Waals surface area (Å²) < 4.78 is 52.5. The maximum atomic E-state index is 13.7. The first-order chi connectivity index (χ1) is 13.7. The summed E-state index contributed by atoms with van der Waals surface area (Å²) in [5.74, 6) is -0.840. The fraction of sp³-hybridized carbons (Fsp3) is 0.318. The summed E-state index contributed by atoms with van der Waals surface area (Å²) in [4.78, 5) is 16.1. The molecule has 0 radical (unpaired) electrons. The van der Waals surface area contributed by atoms with Crippen molar-refractivity contribution in [2.75, 3.05) is 11.6 Å². The third-order valence-electron chi connectivity index (χ3n) is 4.67. The van der Waals surface area contributed by atoms with Crippen LogP contribution < -0.4 is 4.90 Å². The Morgan fingerprint density at radius 2 is 1.97 bits per heavy atom. The largest absolute Gasteiger partial charge is 0.392 e. The van der Waals surface area contributed by atoms with Crippen molar-refractivity contribution in [3.05, 3.63) is 77.4 Å². The molecule has 1 aromatic rings. The molecule has 29 heavy (non-hydrogen) atoms. The second kappa shape index (κ2) is 9.11. The third-order valence-corrected chi connectivity index (χ3v) is 4.67. The number of amides is 1. The van der Waals surface area contributed by atoms with Crippen LogP contribution in [0.2, 0.25) is 0 Å². The van der Waals surface area contributed by atoms with E-state index in [2.05, 4.69) is 6.58 Å². The molecule has 1 aliphatic heterocycles. The number of benzene rings is 1. The molecule has 0 saturated carbocycles. The summed E-state index contributed by atoms with van der Waals surface area (Å²) >= 11 is 0. The monoisotopic (exact) mass is 408 g/mol. The van der Waals surface area contributed by atoms with E-state index >= 15 is 0 Å². The Labute approximate surface area is 168 Å². The van der Waals surface area contributed by atoms with Crippen molar-refractivity contribution < 1.29 is 22.4 Å². The summed E-state index contributed by atoms with van der Waals surface area (Å²) in [6.45, 7) is 8.88. The van der Waals surface area contributed by atoms with E-state index in [0.717, 1.165) is 6.08 Å². The summed E-state index contributed by atoms with van der Waals surface area (Å²) in [5, 5.41) is 0. The smallest absolute Gasteiger partial charge is 0.322 e. The van der Waals surface area contributed by atoms with Gasteiger partial charge >= 0.3 is 6.18 Å². The van der Waals surface area contributed by atoms with E-state index in [1.807, 2.05) is 6.92 Å². The fourth-order valence-electron chi connectivity index (χ4n) is 3.28. The molecule has 1 aromatic carbocycles. The lowest BCUT2D eigenvalue weighted by Crippen LogP contribution is -2.48. The van der Waals surface area contributed by atoms with Crippen molar-refractivity contribution in [2.45, 2.75) is 39.8 Å². The van der Waals surface area contributed by atoms with Gasteiger partial charge in [-0.15, -0.1) is 0 Å². The lowest BCUT2D eigenvalue weighted by molar-refractivity contribution is -0.127. The highest BCUT2D eigenvalue weighted by Crippen LogP contribution is 2.35. The molecule has 156 valence electrons. The molecule has 0 N–H and O–H groups in total. The van der Waals surface area contributed by atoms with E-state index < -0.39 is 24.3 Å². The van der Waals surface area contributed by atoms with E-state index in [0.29, 0.717) is 23.4 Å². The van der Waals surface area contributed by atoms with E-state index in [1.165, 1.54) is 35.3 Å². The lowest BCUT2D eigenvalue weighted by atomic mass is 10.0. The number of hydrogen-bond donors (Lipinski definition) is 0. The second-order valence-corrected chi connectivity index (χ2v) is 6.46. The first-order valence-corrected chi connectivity index (χ1v) is 9.27. The van der Waals surface area contributed by atoms with E-state index in [-0.39, 0.29) is 17.9 Å². The SMILES string of the molecule is C=C/C(=C/C)N1CN(c2ccc(F)cc2CC)C(=C/CC(F)(F)F)/C(=C\C)C1=O. The van der Waals surface area contributed by atoms with Gasteiger partial charge in [-0.05, 0) is 50.1 Å². The van der Waals surface area contributed by atoms with Gasteiger partial charge in [0.15, 0.2) is 0 Å². The van der Waals surface area contributed by atoms with Crippen LogP contribution in [0.1, 0.15) is 32.8 Å². The molecule has 7 heteroatoms. The Balaban J connectivity index is 2.69. The van der Waals surface area contributed by atoms with Gasteiger partial charge in [-0.3, -0.25) is 9.69 Å². The van der Waals surface area contributed by atoms with Gasteiger partial charge in [-0.1, -0.05) is 31.7 Å². The molecule has 1 aliphatic rings. The molecule has 1 amide bonds. The molecule has 0 unspecified atom stereocenters. The molecule has 1 saturated heterocycles. The summed E-state index contributed by atoms with van der Waals surface area (Å²) in [7, 11) is 0. The zero-order chi connectivity index (χ0) is 21.8. The van der Waals surface area contributed by atoms with Gasteiger partial charge in [-0.25, -0.2) is 4.39 Å². The topological polar surface area (TPSA) is 23.6 Å². The lowest BCUT2D eigenvalue weighted by Gasteiger charge is -2.41. The number of carbonyl (C=O) groups excluding carboxylic acids is 1. The van der Waals surface area contributed by atoms with Crippen molar-refractivity contribution in [3.8, 4) is 0 Å². The van der Waals surface area contributed by atoms with Crippen molar-refractivity contribution in [3.63, 3.8) is 0 Å². The predicted octanol–water partition coefficient (Wildman–Crippen LogP) is 5.87. The number of allylic oxidation sites excluding steroid dienone is 4. The first kappa shape index (κ1) is 22.5. The molecule has 1 fully saturated rings. The second-order valence-electron chi connectivity index (χ2n) is 6.46. The number of anilines is 1. The van der Waals surface area contributed by atoms with Crippen molar-refractivity contribution in [2.24, 2.45) is 0 Å².